The molecular formula is C7H5F2N3O. The van der Waals surface area contributed by atoms with Crippen molar-refractivity contribution >= 4 is 0 Å². The van der Waals surface area contributed by atoms with Crippen LogP contribution in [-0.4, -0.2) is 9.55 Å². The second-order valence-electron chi connectivity index (χ2n) is 2.24. The van der Waals surface area contributed by atoms with Crippen LogP contribution in [0, 0.1) is 11.3 Å². The van der Waals surface area contributed by atoms with Crippen LogP contribution in [0.1, 0.15) is 12.1 Å². The summed E-state index contributed by atoms with van der Waals surface area (Å²) >= 11 is 0. The van der Waals surface area contributed by atoms with Gasteiger partial charge in [0.2, 0.25) is 0 Å². The van der Waals surface area contributed by atoms with E-state index >= 15 is 0 Å². The number of rotatable bonds is 2. The van der Waals surface area contributed by atoms with E-state index in [1.807, 2.05) is 0 Å². The molecule has 0 saturated carbocycles. The minimum Gasteiger partial charge on any atom is -0.285 e. The van der Waals surface area contributed by atoms with Gasteiger partial charge >= 0.3 is 0 Å². The van der Waals surface area contributed by atoms with E-state index in [0.29, 0.717) is 0 Å². The third kappa shape index (κ3) is 2.08. The van der Waals surface area contributed by atoms with Gasteiger partial charge in [-0.05, 0) is 0 Å². The third-order valence-corrected chi connectivity index (χ3v) is 1.37. The van der Waals surface area contributed by atoms with Gasteiger partial charge in [-0.3, -0.25) is 9.36 Å². The van der Waals surface area contributed by atoms with E-state index in [4.69, 9.17) is 5.26 Å². The van der Waals surface area contributed by atoms with Crippen LogP contribution in [0.2, 0.25) is 0 Å². The zero-order valence-corrected chi connectivity index (χ0v) is 6.44. The quantitative estimate of drug-likeness (QED) is 0.681. The molecule has 6 heteroatoms. The molecule has 0 bridgehead atoms. The fourth-order valence-corrected chi connectivity index (χ4v) is 0.754. The van der Waals surface area contributed by atoms with Crippen molar-refractivity contribution in [2.24, 2.45) is 0 Å². The minimum atomic E-state index is -2.76. The first-order chi connectivity index (χ1) is 6.15. The highest BCUT2D eigenvalue weighted by Crippen LogP contribution is 2.12. The van der Waals surface area contributed by atoms with Gasteiger partial charge in [-0.2, -0.15) is 5.26 Å². The van der Waals surface area contributed by atoms with Crippen LogP contribution in [0.3, 0.4) is 0 Å². The molecule has 4 nitrogen and oxygen atoms in total. The van der Waals surface area contributed by atoms with Crippen LogP contribution >= 0.6 is 0 Å². The maximum absolute atomic E-state index is 12.0. The summed E-state index contributed by atoms with van der Waals surface area (Å²) < 4.78 is 24.9. The van der Waals surface area contributed by atoms with Crippen molar-refractivity contribution in [3.05, 3.63) is 28.4 Å². The lowest BCUT2D eigenvalue weighted by Gasteiger charge is -2.00. The molecule has 0 spiro atoms. The smallest absolute Gasteiger partial charge is 0.280 e. The molecule has 1 rings (SSSR count). The monoisotopic (exact) mass is 185 g/mol. The molecule has 0 N–H and O–H groups in total. The van der Waals surface area contributed by atoms with Gasteiger partial charge < -0.3 is 0 Å². The van der Waals surface area contributed by atoms with Crippen molar-refractivity contribution in [1.29, 1.82) is 5.26 Å². The van der Waals surface area contributed by atoms with Crippen molar-refractivity contribution in [2.75, 3.05) is 0 Å². The summed E-state index contributed by atoms with van der Waals surface area (Å²) in [4.78, 5) is 14.3. The lowest BCUT2D eigenvalue weighted by atomic mass is 10.4. The van der Waals surface area contributed by atoms with Crippen molar-refractivity contribution in [3.63, 3.8) is 0 Å². The molecule has 1 aromatic heterocycles. The molecule has 0 aromatic carbocycles. The number of hydrogen-bond acceptors (Lipinski definition) is 3. The Hall–Kier alpha value is -1.77. The predicted molar refractivity (Wildman–Crippen MR) is 39.1 cm³/mol. The Morgan fingerprint density at radius 2 is 2.38 bits per heavy atom. The van der Waals surface area contributed by atoms with E-state index in [-0.39, 0.29) is 6.54 Å². The number of nitrogens with zero attached hydrogens (tertiary/aromatic N) is 3. The average Bonchev–Trinajstić information content (AvgIpc) is 2.08. The number of alkyl halides is 2. The molecule has 0 amide bonds. The summed E-state index contributed by atoms with van der Waals surface area (Å²) in [6, 6.07) is 2.43. The van der Waals surface area contributed by atoms with Gasteiger partial charge in [0.15, 0.2) is 0 Å². The van der Waals surface area contributed by atoms with E-state index in [2.05, 4.69) is 4.98 Å². The summed E-state index contributed by atoms with van der Waals surface area (Å²) in [5, 5.41) is 8.24. The Morgan fingerprint density at radius 1 is 1.69 bits per heavy atom. The minimum absolute atomic E-state index is 0.185. The molecule has 0 aliphatic rings. The summed E-state index contributed by atoms with van der Waals surface area (Å²) in [6.07, 6.45) is -1.82. The summed E-state index contributed by atoms with van der Waals surface area (Å²) in [5.74, 6) is 0. The van der Waals surface area contributed by atoms with Gasteiger partial charge in [0.25, 0.3) is 12.0 Å². The van der Waals surface area contributed by atoms with E-state index in [1.165, 1.54) is 0 Å². The molecule has 0 radical (unpaired) electrons. The second kappa shape index (κ2) is 3.76. The fourth-order valence-electron chi connectivity index (χ4n) is 0.754. The molecule has 0 fully saturated rings. The molecule has 68 valence electrons. The number of nitriles is 1. The zero-order valence-electron chi connectivity index (χ0n) is 6.44. The summed E-state index contributed by atoms with van der Waals surface area (Å²) in [6.45, 7) is -0.185. The van der Waals surface area contributed by atoms with Gasteiger partial charge in [0.1, 0.15) is 12.2 Å². The maximum atomic E-state index is 12.0. The summed E-state index contributed by atoms with van der Waals surface area (Å²) in [7, 11) is 0. The van der Waals surface area contributed by atoms with E-state index < -0.39 is 17.7 Å². The topological polar surface area (TPSA) is 58.7 Å². The SMILES string of the molecule is N#CCn1cnc(C(F)F)cc1=O. The third-order valence-electron chi connectivity index (χ3n) is 1.37. The van der Waals surface area contributed by atoms with Gasteiger partial charge in [-0.25, -0.2) is 13.8 Å². The normalized spacial score (nSPS) is 10.0. The number of hydrogen-bond donors (Lipinski definition) is 0. The lowest BCUT2D eigenvalue weighted by Crippen LogP contribution is -2.20. The number of aromatic nitrogens is 2. The predicted octanol–water partition coefficient (Wildman–Crippen LogP) is 0.704. The van der Waals surface area contributed by atoms with Crippen molar-refractivity contribution < 1.29 is 8.78 Å². The molecule has 0 unspecified atom stereocenters. The van der Waals surface area contributed by atoms with Crippen LogP contribution in [-0.2, 0) is 6.54 Å². The Bertz CT molecular complexity index is 393. The Morgan fingerprint density at radius 3 is 2.85 bits per heavy atom. The average molecular weight is 185 g/mol. The Labute approximate surface area is 72.1 Å². The lowest BCUT2D eigenvalue weighted by molar-refractivity contribution is 0.145. The van der Waals surface area contributed by atoms with Crippen LogP contribution in [0.15, 0.2) is 17.2 Å². The molecule has 1 aromatic rings. The van der Waals surface area contributed by atoms with E-state index in [1.54, 1.807) is 6.07 Å². The maximum Gasteiger partial charge on any atom is 0.280 e. The molecule has 13 heavy (non-hydrogen) atoms. The summed E-state index contributed by atoms with van der Waals surface area (Å²) in [5.41, 5.74) is -1.22. The fraction of sp³-hybridized carbons (Fsp3) is 0.286. The van der Waals surface area contributed by atoms with Crippen LogP contribution < -0.4 is 5.56 Å². The number of halogens is 2. The standard InChI is InChI=1S/C7H5F2N3O/c8-7(9)5-3-6(13)12(2-1-10)4-11-5/h3-4,7H,2H2. The highest BCUT2D eigenvalue weighted by Gasteiger charge is 2.09. The molecule has 0 aliphatic heterocycles. The van der Waals surface area contributed by atoms with Gasteiger partial charge in [-0.15, -0.1) is 0 Å². The molecular weight excluding hydrogens is 180 g/mol. The van der Waals surface area contributed by atoms with Crippen molar-refractivity contribution in [2.45, 2.75) is 13.0 Å². The van der Waals surface area contributed by atoms with E-state index in [0.717, 1.165) is 17.0 Å². The largest absolute Gasteiger partial charge is 0.285 e. The highest BCUT2D eigenvalue weighted by atomic mass is 19.3. The first kappa shape index (κ1) is 9.32. The molecule has 0 atom stereocenters. The van der Waals surface area contributed by atoms with Gasteiger partial charge in [0, 0.05) is 6.07 Å². The molecule has 1 heterocycles. The first-order valence-electron chi connectivity index (χ1n) is 3.36. The van der Waals surface area contributed by atoms with Crippen LogP contribution in [0.5, 0.6) is 0 Å². The second-order valence-corrected chi connectivity index (χ2v) is 2.24. The highest BCUT2D eigenvalue weighted by molar-refractivity contribution is 5.01. The Kier molecular flexibility index (Phi) is 2.69. The van der Waals surface area contributed by atoms with Crippen molar-refractivity contribution in [3.8, 4) is 6.07 Å². The van der Waals surface area contributed by atoms with E-state index in [9.17, 15) is 13.6 Å². The molecule has 0 saturated heterocycles. The van der Waals surface area contributed by atoms with Crippen molar-refractivity contribution in [1.82, 2.24) is 9.55 Å². The molecule has 0 aliphatic carbocycles. The van der Waals surface area contributed by atoms with Crippen LogP contribution in [0.4, 0.5) is 8.78 Å². The Balaban J connectivity index is 3.08. The zero-order chi connectivity index (χ0) is 9.84. The first-order valence-corrected chi connectivity index (χ1v) is 3.36. The van der Waals surface area contributed by atoms with Gasteiger partial charge in [0.05, 0.1) is 12.4 Å². The van der Waals surface area contributed by atoms with Crippen LogP contribution in [0.25, 0.3) is 0 Å². The van der Waals surface area contributed by atoms with Gasteiger partial charge in [-0.1, -0.05) is 0 Å².